The van der Waals surface area contributed by atoms with Crippen LogP contribution in [0.4, 0.5) is 5.82 Å². The number of carbonyl (C=O) groups is 1. The molecule has 1 fully saturated rings. The molecule has 2 rings (SSSR count). The summed E-state index contributed by atoms with van der Waals surface area (Å²) < 4.78 is 10.9. The summed E-state index contributed by atoms with van der Waals surface area (Å²) in [5.41, 5.74) is 5.73. The summed E-state index contributed by atoms with van der Waals surface area (Å²) in [6.45, 7) is 2.57. The zero-order valence-electron chi connectivity index (χ0n) is 11.4. The van der Waals surface area contributed by atoms with E-state index in [1.807, 2.05) is 0 Å². The summed E-state index contributed by atoms with van der Waals surface area (Å²) in [5, 5.41) is 2.74. The molecular formula is C13H20N4O3. The van der Waals surface area contributed by atoms with Crippen molar-refractivity contribution in [3.8, 4) is 0 Å². The second-order valence-electron chi connectivity index (χ2n) is 4.61. The Hall–Kier alpha value is -1.73. The van der Waals surface area contributed by atoms with Crippen LogP contribution in [-0.4, -0.2) is 48.3 Å². The average Bonchev–Trinajstić information content (AvgIpc) is 2.96. The highest BCUT2D eigenvalue weighted by Crippen LogP contribution is 2.11. The van der Waals surface area contributed by atoms with Gasteiger partial charge >= 0.3 is 0 Å². The van der Waals surface area contributed by atoms with Crippen LogP contribution in [0.2, 0.25) is 0 Å². The second kappa shape index (κ2) is 7.76. The van der Waals surface area contributed by atoms with E-state index in [1.165, 1.54) is 12.4 Å². The average molecular weight is 280 g/mol. The minimum absolute atomic E-state index is 0.139. The number of rotatable bonds is 7. The summed E-state index contributed by atoms with van der Waals surface area (Å²) in [7, 11) is 0. The van der Waals surface area contributed by atoms with Gasteiger partial charge in [-0.25, -0.2) is 9.97 Å². The summed E-state index contributed by atoms with van der Waals surface area (Å²) >= 11 is 0. The molecule has 0 unspecified atom stereocenters. The lowest BCUT2D eigenvalue weighted by Crippen LogP contribution is -2.27. The van der Waals surface area contributed by atoms with Gasteiger partial charge in [-0.15, -0.1) is 0 Å². The molecule has 1 aliphatic rings. The molecule has 20 heavy (non-hydrogen) atoms. The quantitative estimate of drug-likeness (QED) is 0.700. The molecule has 7 nitrogen and oxygen atoms in total. The van der Waals surface area contributed by atoms with Gasteiger partial charge in [0.15, 0.2) is 11.5 Å². The van der Waals surface area contributed by atoms with Gasteiger partial charge in [0.1, 0.15) is 0 Å². The third-order valence-electron chi connectivity index (χ3n) is 3.02. The van der Waals surface area contributed by atoms with Crippen LogP contribution in [0.5, 0.6) is 0 Å². The Morgan fingerprint density at radius 1 is 1.50 bits per heavy atom. The Bertz CT molecular complexity index is 435. The Labute approximate surface area is 117 Å². The summed E-state index contributed by atoms with van der Waals surface area (Å²) in [6.07, 6.45) is 6.05. The Balaban J connectivity index is 1.56. The molecule has 1 aromatic heterocycles. The highest BCUT2D eigenvalue weighted by molar-refractivity contribution is 5.96. The van der Waals surface area contributed by atoms with Crippen molar-refractivity contribution in [1.82, 2.24) is 15.3 Å². The van der Waals surface area contributed by atoms with Crippen LogP contribution in [-0.2, 0) is 9.47 Å². The standard InChI is InChI=1S/C13H20N4O3/c14-12-11(15-5-6-16-12)13(18)17-4-2-7-19-9-10-3-1-8-20-10/h5-6,10H,1-4,7-9H2,(H2,14,16)(H,17,18)/t10-/m0/s1. The van der Waals surface area contributed by atoms with Crippen LogP contribution in [0.15, 0.2) is 12.4 Å². The molecule has 1 saturated heterocycles. The Morgan fingerprint density at radius 2 is 2.35 bits per heavy atom. The first-order valence-corrected chi connectivity index (χ1v) is 6.81. The van der Waals surface area contributed by atoms with Crippen LogP contribution in [0.1, 0.15) is 29.8 Å². The lowest BCUT2D eigenvalue weighted by atomic mass is 10.2. The van der Waals surface area contributed by atoms with E-state index >= 15 is 0 Å². The molecule has 3 N–H and O–H groups in total. The molecule has 0 radical (unpaired) electrons. The third kappa shape index (κ3) is 4.43. The van der Waals surface area contributed by atoms with E-state index in [9.17, 15) is 4.79 Å². The first-order valence-electron chi connectivity index (χ1n) is 6.81. The third-order valence-corrected chi connectivity index (χ3v) is 3.02. The maximum atomic E-state index is 11.8. The lowest BCUT2D eigenvalue weighted by molar-refractivity contribution is 0.0166. The molecule has 1 aromatic rings. The largest absolute Gasteiger partial charge is 0.382 e. The number of nitrogens with two attached hydrogens (primary N) is 1. The Kier molecular flexibility index (Phi) is 5.69. The van der Waals surface area contributed by atoms with Gasteiger partial charge < -0.3 is 20.5 Å². The number of carbonyl (C=O) groups excluding carboxylic acids is 1. The minimum atomic E-state index is -0.310. The van der Waals surface area contributed by atoms with Gasteiger partial charge in [-0.05, 0) is 19.3 Å². The topological polar surface area (TPSA) is 99.4 Å². The maximum absolute atomic E-state index is 11.8. The van der Waals surface area contributed by atoms with Gasteiger partial charge in [0.2, 0.25) is 0 Å². The zero-order chi connectivity index (χ0) is 14.2. The van der Waals surface area contributed by atoms with E-state index in [1.54, 1.807) is 0 Å². The van der Waals surface area contributed by atoms with Gasteiger partial charge in [0.25, 0.3) is 5.91 Å². The van der Waals surface area contributed by atoms with Crippen molar-refractivity contribution in [3.05, 3.63) is 18.1 Å². The number of nitrogens with zero attached hydrogens (tertiary/aromatic N) is 2. The van der Waals surface area contributed by atoms with E-state index in [2.05, 4.69) is 15.3 Å². The number of nitrogen functional groups attached to an aromatic ring is 1. The highest BCUT2D eigenvalue weighted by atomic mass is 16.5. The summed E-state index contributed by atoms with van der Waals surface area (Å²) in [4.78, 5) is 19.5. The zero-order valence-corrected chi connectivity index (χ0v) is 11.4. The van der Waals surface area contributed by atoms with E-state index in [0.717, 1.165) is 25.9 Å². The van der Waals surface area contributed by atoms with Crippen molar-refractivity contribution in [2.45, 2.75) is 25.4 Å². The molecule has 1 atom stereocenters. The number of aromatic nitrogens is 2. The van der Waals surface area contributed by atoms with E-state index in [0.29, 0.717) is 19.8 Å². The maximum Gasteiger partial charge on any atom is 0.273 e. The number of ether oxygens (including phenoxy) is 2. The van der Waals surface area contributed by atoms with Crippen molar-refractivity contribution in [2.75, 3.05) is 32.1 Å². The monoisotopic (exact) mass is 280 g/mol. The number of hydrogen-bond acceptors (Lipinski definition) is 6. The van der Waals surface area contributed by atoms with Crippen LogP contribution in [0.25, 0.3) is 0 Å². The van der Waals surface area contributed by atoms with Gasteiger partial charge in [-0.1, -0.05) is 0 Å². The van der Waals surface area contributed by atoms with Crippen LogP contribution >= 0.6 is 0 Å². The fourth-order valence-corrected chi connectivity index (χ4v) is 1.97. The number of amides is 1. The molecule has 1 amide bonds. The van der Waals surface area contributed by atoms with Gasteiger partial charge in [0.05, 0.1) is 12.7 Å². The predicted molar refractivity (Wildman–Crippen MR) is 73.2 cm³/mol. The van der Waals surface area contributed by atoms with Crippen LogP contribution in [0.3, 0.4) is 0 Å². The number of nitrogens with one attached hydrogen (secondary N) is 1. The highest BCUT2D eigenvalue weighted by Gasteiger charge is 2.15. The van der Waals surface area contributed by atoms with Crippen molar-refractivity contribution in [1.29, 1.82) is 0 Å². The number of hydrogen-bond donors (Lipinski definition) is 2. The molecule has 0 bridgehead atoms. The molecule has 0 spiro atoms. The molecule has 7 heteroatoms. The molecule has 1 aliphatic heterocycles. The molecule has 0 saturated carbocycles. The predicted octanol–water partition coefficient (Wildman–Crippen LogP) is 0.374. The Morgan fingerprint density at radius 3 is 3.10 bits per heavy atom. The normalized spacial score (nSPS) is 18.1. The molecule has 0 aliphatic carbocycles. The second-order valence-corrected chi connectivity index (χ2v) is 4.61. The minimum Gasteiger partial charge on any atom is -0.382 e. The summed E-state index contributed by atoms with van der Waals surface area (Å²) in [5.74, 6) is -0.172. The molecule has 0 aromatic carbocycles. The first kappa shape index (κ1) is 14.7. The van der Waals surface area contributed by atoms with Crippen molar-refractivity contribution in [3.63, 3.8) is 0 Å². The van der Waals surface area contributed by atoms with Crippen molar-refractivity contribution >= 4 is 11.7 Å². The van der Waals surface area contributed by atoms with Gasteiger partial charge in [0, 0.05) is 32.2 Å². The van der Waals surface area contributed by atoms with E-state index in [4.69, 9.17) is 15.2 Å². The van der Waals surface area contributed by atoms with Crippen molar-refractivity contribution in [2.24, 2.45) is 0 Å². The van der Waals surface area contributed by atoms with Gasteiger partial charge in [-0.2, -0.15) is 0 Å². The smallest absolute Gasteiger partial charge is 0.273 e. The lowest BCUT2D eigenvalue weighted by Gasteiger charge is -2.10. The van der Waals surface area contributed by atoms with Gasteiger partial charge in [-0.3, -0.25) is 4.79 Å². The van der Waals surface area contributed by atoms with E-state index < -0.39 is 0 Å². The first-order chi connectivity index (χ1) is 9.77. The summed E-state index contributed by atoms with van der Waals surface area (Å²) in [6, 6.07) is 0. The van der Waals surface area contributed by atoms with Crippen molar-refractivity contribution < 1.29 is 14.3 Å². The fourth-order valence-electron chi connectivity index (χ4n) is 1.97. The van der Waals surface area contributed by atoms with E-state index in [-0.39, 0.29) is 23.5 Å². The fraction of sp³-hybridized carbons (Fsp3) is 0.615. The number of anilines is 1. The molecular weight excluding hydrogens is 260 g/mol. The SMILES string of the molecule is Nc1nccnc1C(=O)NCCCOC[C@@H]1CCCO1. The molecule has 2 heterocycles. The molecule has 110 valence electrons. The van der Waals surface area contributed by atoms with Crippen LogP contribution in [0, 0.1) is 0 Å². The van der Waals surface area contributed by atoms with Crippen LogP contribution < -0.4 is 11.1 Å².